The van der Waals surface area contributed by atoms with Gasteiger partial charge in [0.05, 0.1) is 31.4 Å². The molecule has 2 aliphatic heterocycles. The van der Waals surface area contributed by atoms with Crippen molar-refractivity contribution in [3.05, 3.63) is 45.9 Å². The number of morpholine rings is 1. The van der Waals surface area contributed by atoms with Crippen LogP contribution in [0, 0.1) is 22.0 Å². The van der Waals surface area contributed by atoms with E-state index in [1.54, 1.807) is 23.0 Å². The van der Waals surface area contributed by atoms with Gasteiger partial charge in [0.1, 0.15) is 17.0 Å². The van der Waals surface area contributed by atoms with Crippen LogP contribution in [0.2, 0.25) is 0 Å². The molecule has 0 amide bonds. The van der Waals surface area contributed by atoms with Crippen molar-refractivity contribution in [3.8, 4) is 11.8 Å². The summed E-state index contributed by atoms with van der Waals surface area (Å²) in [4.78, 5) is 17.1. The maximum Gasteiger partial charge on any atom is 0.387 e. The van der Waals surface area contributed by atoms with Gasteiger partial charge in [-0.05, 0) is 34.9 Å². The van der Waals surface area contributed by atoms with E-state index in [-0.39, 0.29) is 11.9 Å². The molecule has 140 valence electrons. The molecule has 1 atom stereocenters. The summed E-state index contributed by atoms with van der Waals surface area (Å²) >= 11 is 0. The largest absolute Gasteiger partial charge is 0.387 e. The van der Waals surface area contributed by atoms with E-state index in [4.69, 9.17) is 9.47 Å². The van der Waals surface area contributed by atoms with Gasteiger partial charge in [0.2, 0.25) is 0 Å². The molecule has 0 aliphatic carbocycles. The zero-order chi connectivity index (χ0) is 19.0. The Balaban J connectivity index is 1.69. The third-order valence-corrected chi connectivity index (χ3v) is 5.02. The summed E-state index contributed by atoms with van der Waals surface area (Å²) in [7, 11) is 1.82. The minimum absolute atomic E-state index is 0.0699. The van der Waals surface area contributed by atoms with Crippen LogP contribution >= 0.6 is 0 Å². The highest BCUT2D eigenvalue weighted by atomic mass is 16.6. The highest BCUT2D eigenvalue weighted by Gasteiger charge is 2.50. The molecule has 4 rings (SSSR count). The smallest absolute Gasteiger partial charge is 0.375 e. The quantitative estimate of drug-likeness (QED) is 0.445. The molecular weight excluding hydrogens is 350 g/mol. The van der Waals surface area contributed by atoms with Gasteiger partial charge >= 0.3 is 5.82 Å². The Morgan fingerprint density at radius 2 is 2.22 bits per heavy atom. The van der Waals surface area contributed by atoms with Crippen LogP contribution < -0.4 is 4.90 Å². The molecule has 0 saturated carbocycles. The van der Waals surface area contributed by atoms with Crippen LogP contribution in [0.4, 0.5) is 11.5 Å². The SMILES string of the molecule is CC1N(c2cc(C#Cc3ccn(C)n3)cnc2[N+](=O)[O-])CCOC12COC2. The summed E-state index contributed by atoms with van der Waals surface area (Å²) in [5.74, 6) is 5.77. The number of nitro groups is 1. The van der Waals surface area contributed by atoms with Crippen LogP contribution in [-0.4, -0.2) is 57.7 Å². The number of nitrogens with zero attached hydrogens (tertiary/aromatic N) is 5. The van der Waals surface area contributed by atoms with Gasteiger partial charge < -0.3 is 24.5 Å². The summed E-state index contributed by atoms with van der Waals surface area (Å²) in [5.41, 5.74) is 1.26. The van der Waals surface area contributed by atoms with Gasteiger partial charge in [-0.15, -0.1) is 0 Å². The van der Waals surface area contributed by atoms with E-state index in [2.05, 4.69) is 21.9 Å². The number of aryl methyl sites for hydroxylation is 1. The molecule has 0 radical (unpaired) electrons. The predicted molar refractivity (Wildman–Crippen MR) is 96.4 cm³/mol. The van der Waals surface area contributed by atoms with Crippen molar-refractivity contribution >= 4 is 11.5 Å². The second-order valence-corrected chi connectivity index (χ2v) is 6.72. The lowest BCUT2D eigenvalue weighted by molar-refractivity contribution is -0.388. The van der Waals surface area contributed by atoms with Crippen molar-refractivity contribution in [2.45, 2.75) is 18.6 Å². The Labute approximate surface area is 156 Å². The summed E-state index contributed by atoms with van der Waals surface area (Å²) in [6.07, 6.45) is 3.23. The molecule has 9 heteroatoms. The first-order chi connectivity index (χ1) is 13.0. The third kappa shape index (κ3) is 3.13. The van der Waals surface area contributed by atoms with E-state index < -0.39 is 10.5 Å². The molecule has 2 saturated heterocycles. The first kappa shape index (κ1) is 17.5. The summed E-state index contributed by atoms with van der Waals surface area (Å²) in [5, 5.41) is 15.7. The normalized spacial score (nSPS) is 20.7. The fraction of sp³-hybridized carbons (Fsp3) is 0.444. The molecule has 0 N–H and O–H groups in total. The Hall–Kier alpha value is -2.96. The van der Waals surface area contributed by atoms with Gasteiger partial charge in [-0.2, -0.15) is 5.10 Å². The predicted octanol–water partition coefficient (Wildman–Crippen LogP) is 1.12. The van der Waals surface area contributed by atoms with Crippen LogP contribution in [0.3, 0.4) is 0 Å². The van der Waals surface area contributed by atoms with Crippen molar-refractivity contribution in [3.63, 3.8) is 0 Å². The number of hydrogen-bond donors (Lipinski definition) is 0. The third-order valence-electron chi connectivity index (χ3n) is 5.02. The van der Waals surface area contributed by atoms with Crippen molar-refractivity contribution in [2.75, 3.05) is 31.3 Å². The zero-order valence-corrected chi connectivity index (χ0v) is 15.1. The molecular formula is C18H19N5O4. The molecule has 4 heterocycles. The topological polar surface area (TPSA) is 95.6 Å². The van der Waals surface area contributed by atoms with Gasteiger partial charge in [-0.3, -0.25) is 4.68 Å². The van der Waals surface area contributed by atoms with E-state index in [0.29, 0.717) is 43.3 Å². The van der Waals surface area contributed by atoms with Gasteiger partial charge in [-0.1, -0.05) is 5.92 Å². The average Bonchev–Trinajstić information content (AvgIpc) is 3.04. The standard InChI is InChI=1S/C18H19N5O4/c1-13-18(11-26-12-18)27-8-7-22(13)16-9-14(10-19-17(16)23(24)25)3-4-15-5-6-21(2)20-15/h5-6,9-10,13H,7-8,11-12H2,1-2H3. The number of pyridine rings is 1. The van der Waals surface area contributed by atoms with E-state index >= 15 is 0 Å². The lowest BCUT2D eigenvalue weighted by Gasteiger charge is -2.53. The van der Waals surface area contributed by atoms with Crippen LogP contribution in [0.25, 0.3) is 0 Å². The second-order valence-electron chi connectivity index (χ2n) is 6.72. The number of hydrogen-bond acceptors (Lipinski definition) is 7. The van der Waals surface area contributed by atoms with Gasteiger partial charge in [0, 0.05) is 19.8 Å². The summed E-state index contributed by atoms with van der Waals surface area (Å²) < 4.78 is 12.9. The summed E-state index contributed by atoms with van der Waals surface area (Å²) in [6, 6.07) is 3.45. The molecule has 1 spiro atoms. The van der Waals surface area contributed by atoms with Crippen LogP contribution in [0.1, 0.15) is 18.2 Å². The van der Waals surface area contributed by atoms with Crippen molar-refractivity contribution in [1.29, 1.82) is 0 Å². The van der Waals surface area contributed by atoms with Gasteiger partial charge in [0.25, 0.3) is 0 Å². The minimum atomic E-state index is -0.461. The molecule has 2 aromatic rings. The van der Waals surface area contributed by atoms with Crippen LogP contribution in [0.5, 0.6) is 0 Å². The van der Waals surface area contributed by atoms with Crippen LogP contribution in [-0.2, 0) is 16.5 Å². The average molecular weight is 369 g/mol. The number of aromatic nitrogens is 3. The molecule has 0 bridgehead atoms. The lowest BCUT2D eigenvalue weighted by atomic mass is 9.90. The molecule has 1 unspecified atom stereocenters. The molecule has 2 fully saturated rings. The number of anilines is 1. The minimum Gasteiger partial charge on any atom is -0.375 e. The van der Waals surface area contributed by atoms with Crippen molar-refractivity contribution in [2.24, 2.45) is 7.05 Å². The maximum atomic E-state index is 11.5. The highest BCUT2D eigenvalue weighted by Crippen LogP contribution is 2.37. The second kappa shape index (κ2) is 6.64. The fourth-order valence-electron chi connectivity index (χ4n) is 3.39. The van der Waals surface area contributed by atoms with Crippen molar-refractivity contribution in [1.82, 2.24) is 14.8 Å². The van der Waals surface area contributed by atoms with E-state index in [1.807, 2.05) is 18.9 Å². The first-order valence-corrected chi connectivity index (χ1v) is 8.63. The van der Waals surface area contributed by atoms with Crippen LogP contribution in [0.15, 0.2) is 24.5 Å². The van der Waals surface area contributed by atoms with Gasteiger partial charge in [-0.25, -0.2) is 0 Å². The monoisotopic (exact) mass is 369 g/mol. The van der Waals surface area contributed by atoms with Crippen molar-refractivity contribution < 1.29 is 14.4 Å². The molecule has 2 aromatic heterocycles. The molecule has 2 aliphatic rings. The van der Waals surface area contributed by atoms with Gasteiger partial charge in [0.15, 0.2) is 6.20 Å². The molecule has 9 nitrogen and oxygen atoms in total. The number of ether oxygens (including phenoxy) is 2. The van der Waals surface area contributed by atoms with E-state index in [0.717, 1.165) is 0 Å². The molecule has 0 aromatic carbocycles. The van der Waals surface area contributed by atoms with E-state index in [1.165, 1.54) is 6.20 Å². The molecule has 27 heavy (non-hydrogen) atoms. The van der Waals surface area contributed by atoms with E-state index in [9.17, 15) is 10.1 Å². The zero-order valence-electron chi connectivity index (χ0n) is 15.1. The number of rotatable bonds is 2. The lowest BCUT2D eigenvalue weighted by Crippen LogP contribution is -2.68. The Bertz CT molecular complexity index is 941. The maximum absolute atomic E-state index is 11.5. The fourth-order valence-corrected chi connectivity index (χ4v) is 3.39. The Morgan fingerprint density at radius 3 is 2.85 bits per heavy atom. The highest BCUT2D eigenvalue weighted by molar-refractivity contribution is 5.64. The Kier molecular flexibility index (Phi) is 4.30. The summed E-state index contributed by atoms with van der Waals surface area (Å²) in [6.45, 7) is 4.00. The Morgan fingerprint density at radius 1 is 1.41 bits per heavy atom. The first-order valence-electron chi connectivity index (χ1n) is 8.63.